The number of hydrogen-bond donors (Lipinski definition) is 1. The molecular weight excluding hydrogens is 246 g/mol. The molecule has 3 heteroatoms. The molecule has 2 nitrogen and oxygen atoms in total. The first-order chi connectivity index (χ1) is 8.48. The predicted octanol–water partition coefficient (Wildman–Crippen LogP) is 3.93. The Balaban J connectivity index is 3.21. The summed E-state index contributed by atoms with van der Waals surface area (Å²) in [7, 11) is 1.99. The summed E-state index contributed by atoms with van der Waals surface area (Å²) < 4.78 is 5.53. The first-order valence-corrected chi connectivity index (χ1v) is 6.94. The number of hydrogen-bond acceptors (Lipinski definition) is 2. The van der Waals surface area contributed by atoms with Gasteiger partial charge >= 0.3 is 0 Å². The minimum Gasteiger partial charge on any atom is -0.492 e. The molecule has 0 fully saturated rings. The third-order valence-electron chi connectivity index (χ3n) is 3.58. The molecule has 1 N–H and O–H groups in total. The van der Waals surface area contributed by atoms with Gasteiger partial charge in [-0.15, -0.1) is 0 Å². The molecule has 1 atom stereocenters. The van der Waals surface area contributed by atoms with Gasteiger partial charge in [-0.2, -0.15) is 0 Å². The van der Waals surface area contributed by atoms with Crippen LogP contribution in [0.5, 0.6) is 5.75 Å². The van der Waals surface area contributed by atoms with Gasteiger partial charge in [0.25, 0.3) is 0 Å². The number of halogens is 1. The molecule has 0 saturated carbocycles. The minimum absolute atomic E-state index is 0.104. The summed E-state index contributed by atoms with van der Waals surface area (Å²) in [5.74, 6) is 0.781. The molecule has 0 amide bonds. The molecule has 0 aliphatic rings. The Morgan fingerprint density at radius 3 is 2.50 bits per heavy atom. The van der Waals surface area contributed by atoms with Crippen molar-refractivity contribution in [1.82, 2.24) is 5.32 Å². The summed E-state index contributed by atoms with van der Waals surface area (Å²) in [5, 5.41) is 3.97. The maximum absolute atomic E-state index is 6.30. The van der Waals surface area contributed by atoms with Gasteiger partial charge in [0, 0.05) is 12.0 Å². The Morgan fingerprint density at radius 2 is 2.00 bits per heavy atom. The highest BCUT2D eigenvalue weighted by Gasteiger charge is 2.26. The zero-order valence-corrected chi connectivity index (χ0v) is 12.8. The lowest BCUT2D eigenvalue weighted by Gasteiger charge is -2.31. The summed E-state index contributed by atoms with van der Waals surface area (Å²) >= 11 is 6.30. The molecule has 18 heavy (non-hydrogen) atoms. The van der Waals surface area contributed by atoms with Crippen molar-refractivity contribution in [3.05, 3.63) is 28.3 Å². The molecular formula is C15H24ClNO. The van der Waals surface area contributed by atoms with Gasteiger partial charge in [0.15, 0.2) is 0 Å². The molecule has 0 bridgehead atoms. The Hall–Kier alpha value is -0.730. The number of aryl methyl sites for hydroxylation is 1. The van der Waals surface area contributed by atoms with Crippen molar-refractivity contribution in [3.63, 3.8) is 0 Å². The van der Waals surface area contributed by atoms with E-state index in [1.165, 1.54) is 11.1 Å². The number of ether oxygens (including phenoxy) is 1. The fourth-order valence-corrected chi connectivity index (χ4v) is 2.59. The van der Waals surface area contributed by atoms with E-state index < -0.39 is 0 Å². The summed E-state index contributed by atoms with van der Waals surface area (Å²) in [5.41, 5.74) is 2.64. The third kappa shape index (κ3) is 3.18. The van der Waals surface area contributed by atoms with Crippen molar-refractivity contribution < 1.29 is 4.74 Å². The van der Waals surface area contributed by atoms with Crippen molar-refractivity contribution in [3.8, 4) is 5.75 Å². The van der Waals surface area contributed by atoms with Gasteiger partial charge in [-0.25, -0.2) is 0 Å². The molecule has 0 spiro atoms. The molecule has 1 unspecified atom stereocenters. The average Bonchev–Trinajstić information content (AvgIpc) is 2.34. The van der Waals surface area contributed by atoms with Crippen LogP contribution in [0.3, 0.4) is 0 Å². The number of likely N-dealkylation sites (N-methyl/N-ethyl adjacent to an activating group) is 1. The maximum atomic E-state index is 6.30. The van der Waals surface area contributed by atoms with Gasteiger partial charge in [-0.05, 0) is 50.6 Å². The SMILES string of the molecule is CCOc1cc(C)c(C(C)(CC)CNC)cc1Cl. The molecule has 0 heterocycles. The number of nitrogens with one attached hydrogen (secondary N) is 1. The largest absolute Gasteiger partial charge is 0.492 e. The van der Waals surface area contributed by atoms with Crippen LogP contribution in [0.15, 0.2) is 12.1 Å². The van der Waals surface area contributed by atoms with Crippen LogP contribution in [0.1, 0.15) is 38.3 Å². The molecule has 1 aromatic rings. The average molecular weight is 270 g/mol. The summed E-state index contributed by atoms with van der Waals surface area (Å²) in [6.45, 7) is 10.1. The smallest absolute Gasteiger partial charge is 0.138 e. The Kier molecular flexibility index (Phi) is 5.48. The van der Waals surface area contributed by atoms with Crippen LogP contribution >= 0.6 is 11.6 Å². The van der Waals surface area contributed by atoms with Crippen LogP contribution in [0, 0.1) is 6.92 Å². The van der Waals surface area contributed by atoms with Gasteiger partial charge in [-0.1, -0.05) is 25.4 Å². The van der Waals surface area contributed by atoms with Crippen LogP contribution in [-0.2, 0) is 5.41 Å². The molecule has 0 aliphatic heterocycles. The normalized spacial score (nSPS) is 14.3. The summed E-state index contributed by atoms with van der Waals surface area (Å²) in [4.78, 5) is 0. The van der Waals surface area contributed by atoms with Crippen molar-refractivity contribution in [2.45, 2.75) is 39.5 Å². The van der Waals surface area contributed by atoms with Gasteiger partial charge < -0.3 is 10.1 Å². The quantitative estimate of drug-likeness (QED) is 0.845. The zero-order valence-electron chi connectivity index (χ0n) is 12.1. The van der Waals surface area contributed by atoms with Crippen LogP contribution in [-0.4, -0.2) is 20.2 Å². The lowest BCUT2D eigenvalue weighted by molar-refractivity contribution is 0.339. The fraction of sp³-hybridized carbons (Fsp3) is 0.600. The maximum Gasteiger partial charge on any atom is 0.138 e. The topological polar surface area (TPSA) is 21.3 Å². The van der Waals surface area contributed by atoms with Gasteiger partial charge in [0.05, 0.1) is 11.6 Å². The highest BCUT2D eigenvalue weighted by molar-refractivity contribution is 6.32. The van der Waals surface area contributed by atoms with E-state index in [-0.39, 0.29) is 5.41 Å². The molecule has 1 aromatic carbocycles. The highest BCUT2D eigenvalue weighted by atomic mass is 35.5. The molecule has 1 rings (SSSR count). The van der Waals surface area contributed by atoms with E-state index in [4.69, 9.17) is 16.3 Å². The van der Waals surface area contributed by atoms with Crippen molar-refractivity contribution in [1.29, 1.82) is 0 Å². The Morgan fingerprint density at radius 1 is 1.33 bits per heavy atom. The van der Waals surface area contributed by atoms with Gasteiger partial charge in [-0.3, -0.25) is 0 Å². The second kappa shape index (κ2) is 6.44. The lowest BCUT2D eigenvalue weighted by atomic mass is 9.78. The van der Waals surface area contributed by atoms with Crippen molar-refractivity contribution in [2.24, 2.45) is 0 Å². The minimum atomic E-state index is 0.104. The van der Waals surface area contributed by atoms with E-state index in [1.54, 1.807) is 0 Å². The van der Waals surface area contributed by atoms with E-state index in [9.17, 15) is 0 Å². The highest BCUT2D eigenvalue weighted by Crippen LogP contribution is 2.36. The molecule has 0 saturated heterocycles. The second-order valence-electron chi connectivity index (χ2n) is 4.98. The van der Waals surface area contributed by atoms with Crippen LogP contribution < -0.4 is 10.1 Å². The Bertz CT molecular complexity index is 406. The monoisotopic (exact) mass is 269 g/mol. The van der Waals surface area contributed by atoms with E-state index in [0.29, 0.717) is 11.6 Å². The van der Waals surface area contributed by atoms with Gasteiger partial charge in [0.1, 0.15) is 5.75 Å². The molecule has 102 valence electrons. The summed E-state index contributed by atoms with van der Waals surface area (Å²) in [6.07, 6.45) is 1.07. The predicted molar refractivity (Wildman–Crippen MR) is 78.9 cm³/mol. The molecule has 0 aliphatic carbocycles. The van der Waals surface area contributed by atoms with Crippen LogP contribution in [0.25, 0.3) is 0 Å². The third-order valence-corrected chi connectivity index (χ3v) is 3.87. The van der Waals surface area contributed by atoms with Crippen molar-refractivity contribution in [2.75, 3.05) is 20.2 Å². The summed E-state index contributed by atoms with van der Waals surface area (Å²) in [6, 6.07) is 4.10. The van der Waals surface area contributed by atoms with E-state index in [2.05, 4.69) is 32.2 Å². The first-order valence-electron chi connectivity index (χ1n) is 6.56. The Labute approximate surface area is 116 Å². The molecule has 0 radical (unpaired) electrons. The zero-order chi connectivity index (χ0) is 13.8. The van der Waals surface area contributed by atoms with Crippen LogP contribution in [0.4, 0.5) is 0 Å². The fourth-order valence-electron chi connectivity index (χ4n) is 2.37. The van der Waals surface area contributed by atoms with Gasteiger partial charge in [0.2, 0.25) is 0 Å². The number of benzene rings is 1. The van der Waals surface area contributed by atoms with E-state index >= 15 is 0 Å². The standard InChI is InChI=1S/C15H24ClNO/c1-6-15(4,10-17-5)12-9-13(16)14(18-7-2)8-11(12)3/h8-9,17H,6-7,10H2,1-5H3. The van der Waals surface area contributed by atoms with Crippen molar-refractivity contribution >= 4 is 11.6 Å². The second-order valence-corrected chi connectivity index (χ2v) is 5.38. The van der Waals surface area contributed by atoms with E-state index in [1.807, 2.05) is 20.0 Å². The van der Waals surface area contributed by atoms with E-state index in [0.717, 1.165) is 18.7 Å². The van der Waals surface area contributed by atoms with Crippen LogP contribution in [0.2, 0.25) is 5.02 Å². The first kappa shape index (κ1) is 15.3. The molecule has 0 aromatic heterocycles. The number of rotatable bonds is 6. The lowest BCUT2D eigenvalue weighted by Crippen LogP contribution is -2.34.